The molecule has 4 heteroatoms. The van der Waals surface area contributed by atoms with E-state index in [-0.39, 0.29) is 23.7 Å². The van der Waals surface area contributed by atoms with E-state index in [1.54, 1.807) is 24.3 Å². The quantitative estimate of drug-likeness (QED) is 0.657. The summed E-state index contributed by atoms with van der Waals surface area (Å²) in [5.41, 5.74) is 7.46. The lowest BCUT2D eigenvalue weighted by atomic mass is 9.94. The molecular formula is C16H22N2O2. The number of carbonyl (C=O) groups is 2. The number of ketones is 1. The molecule has 1 amide bonds. The lowest BCUT2D eigenvalue weighted by molar-refractivity contribution is -0.120. The summed E-state index contributed by atoms with van der Waals surface area (Å²) in [6, 6.07) is 6.93. The van der Waals surface area contributed by atoms with Crippen LogP contribution in [0, 0.1) is 5.92 Å². The van der Waals surface area contributed by atoms with Crippen LogP contribution in [-0.4, -0.2) is 17.7 Å². The Bertz CT molecular complexity index is 482. The van der Waals surface area contributed by atoms with Gasteiger partial charge in [0.05, 0.1) is 5.92 Å². The summed E-state index contributed by atoms with van der Waals surface area (Å²) in [4.78, 5) is 23.5. The number of carbonyl (C=O) groups excluding carboxylic acids is 2. The normalized spacial score (nSPS) is 22.9. The van der Waals surface area contributed by atoms with Gasteiger partial charge in [0.15, 0.2) is 5.78 Å². The van der Waals surface area contributed by atoms with Crippen LogP contribution in [0.1, 0.15) is 49.4 Å². The van der Waals surface area contributed by atoms with Gasteiger partial charge in [-0.2, -0.15) is 0 Å². The molecule has 20 heavy (non-hydrogen) atoms. The van der Waals surface area contributed by atoms with Crippen LogP contribution in [0.3, 0.4) is 0 Å². The van der Waals surface area contributed by atoms with Gasteiger partial charge in [0.1, 0.15) is 0 Å². The summed E-state index contributed by atoms with van der Waals surface area (Å²) in [5.74, 6) is -0.0892. The van der Waals surface area contributed by atoms with E-state index >= 15 is 0 Å². The molecule has 2 unspecified atom stereocenters. The zero-order chi connectivity index (χ0) is 14.5. The van der Waals surface area contributed by atoms with E-state index in [4.69, 9.17) is 5.73 Å². The average Bonchev–Trinajstić information content (AvgIpc) is 2.64. The van der Waals surface area contributed by atoms with Crippen molar-refractivity contribution in [3.63, 3.8) is 0 Å². The molecule has 4 nitrogen and oxygen atoms in total. The van der Waals surface area contributed by atoms with E-state index in [2.05, 4.69) is 5.32 Å². The Morgan fingerprint density at radius 1 is 1.10 bits per heavy atom. The Labute approximate surface area is 119 Å². The molecule has 3 N–H and O–H groups in total. The van der Waals surface area contributed by atoms with Crippen molar-refractivity contribution >= 4 is 17.4 Å². The average molecular weight is 274 g/mol. The number of nitrogens with two attached hydrogens (primary N) is 1. The summed E-state index contributed by atoms with van der Waals surface area (Å²) in [6.07, 6.45) is 5.11. The predicted octanol–water partition coefficient (Wildman–Crippen LogP) is 2.74. The third kappa shape index (κ3) is 3.67. The van der Waals surface area contributed by atoms with Gasteiger partial charge >= 0.3 is 0 Å². The number of anilines is 1. The summed E-state index contributed by atoms with van der Waals surface area (Å²) >= 11 is 0. The van der Waals surface area contributed by atoms with Crippen molar-refractivity contribution in [3.8, 4) is 0 Å². The van der Waals surface area contributed by atoms with Gasteiger partial charge in [-0.3, -0.25) is 9.59 Å². The molecule has 1 fully saturated rings. The van der Waals surface area contributed by atoms with Gasteiger partial charge in [0.2, 0.25) is 5.91 Å². The summed E-state index contributed by atoms with van der Waals surface area (Å²) in [6.45, 7) is 1.53. The molecule has 1 aromatic carbocycles. The molecule has 1 saturated carbocycles. The molecular weight excluding hydrogens is 252 g/mol. The van der Waals surface area contributed by atoms with Gasteiger partial charge in [-0.15, -0.1) is 0 Å². The lowest BCUT2D eigenvalue weighted by Crippen LogP contribution is -2.37. The van der Waals surface area contributed by atoms with Crippen LogP contribution in [0.4, 0.5) is 5.69 Å². The van der Waals surface area contributed by atoms with Gasteiger partial charge in [-0.25, -0.2) is 0 Å². The first kappa shape index (κ1) is 14.7. The van der Waals surface area contributed by atoms with E-state index < -0.39 is 0 Å². The van der Waals surface area contributed by atoms with Crippen molar-refractivity contribution < 1.29 is 9.59 Å². The monoisotopic (exact) mass is 274 g/mol. The highest BCUT2D eigenvalue weighted by atomic mass is 16.2. The Hall–Kier alpha value is -1.68. The zero-order valence-electron chi connectivity index (χ0n) is 11.9. The summed E-state index contributed by atoms with van der Waals surface area (Å²) in [5, 5.41) is 2.91. The highest BCUT2D eigenvalue weighted by molar-refractivity contribution is 5.96. The van der Waals surface area contributed by atoms with Crippen molar-refractivity contribution in [2.75, 3.05) is 5.32 Å². The fourth-order valence-electron chi connectivity index (χ4n) is 2.69. The van der Waals surface area contributed by atoms with Crippen LogP contribution in [0.2, 0.25) is 0 Å². The van der Waals surface area contributed by atoms with Crippen molar-refractivity contribution in [1.29, 1.82) is 0 Å². The fourth-order valence-corrected chi connectivity index (χ4v) is 2.69. The Morgan fingerprint density at radius 2 is 1.75 bits per heavy atom. The van der Waals surface area contributed by atoms with Gasteiger partial charge in [-0.1, -0.05) is 19.3 Å². The highest BCUT2D eigenvalue weighted by Gasteiger charge is 2.26. The van der Waals surface area contributed by atoms with Gasteiger partial charge < -0.3 is 11.1 Å². The number of Topliss-reactive ketones (excluding diaryl/α,β-unsaturated/α-hetero) is 1. The SMILES string of the molecule is CC(=O)c1ccc(NC(=O)C2CCCCCC2N)cc1. The van der Waals surface area contributed by atoms with E-state index in [0.717, 1.165) is 37.8 Å². The third-order valence-electron chi connectivity index (χ3n) is 3.97. The Morgan fingerprint density at radius 3 is 2.40 bits per heavy atom. The van der Waals surface area contributed by atoms with E-state index in [9.17, 15) is 9.59 Å². The van der Waals surface area contributed by atoms with E-state index in [1.807, 2.05) is 0 Å². The van der Waals surface area contributed by atoms with Crippen molar-refractivity contribution in [3.05, 3.63) is 29.8 Å². The predicted molar refractivity (Wildman–Crippen MR) is 79.6 cm³/mol. The van der Waals surface area contributed by atoms with Crippen LogP contribution in [0.5, 0.6) is 0 Å². The molecule has 0 aromatic heterocycles. The molecule has 0 saturated heterocycles. The van der Waals surface area contributed by atoms with Crippen LogP contribution in [0.15, 0.2) is 24.3 Å². The molecule has 1 aliphatic carbocycles. The van der Waals surface area contributed by atoms with Crippen LogP contribution >= 0.6 is 0 Å². The van der Waals surface area contributed by atoms with E-state index in [1.165, 1.54) is 6.92 Å². The second-order valence-electron chi connectivity index (χ2n) is 5.53. The molecule has 0 heterocycles. The Balaban J connectivity index is 2.01. The second kappa shape index (κ2) is 6.66. The van der Waals surface area contributed by atoms with E-state index in [0.29, 0.717) is 5.56 Å². The number of benzene rings is 1. The van der Waals surface area contributed by atoms with Gasteiger partial charge in [-0.05, 0) is 44.0 Å². The zero-order valence-corrected chi connectivity index (χ0v) is 11.9. The number of hydrogen-bond acceptors (Lipinski definition) is 3. The number of hydrogen-bond donors (Lipinski definition) is 2. The minimum atomic E-state index is -0.106. The molecule has 1 aliphatic rings. The lowest BCUT2D eigenvalue weighted by Gasteiger charge is -2.20. The smallest absolute Gasteiger partial charge is 0.229 e. The molecule has 0 radical (unpaired) electrons. The molecule has 0 spiro atoms. The van der Waals surface area contributed by atoms with Gasteiger partial charge in [0.25, 0.3) is 0 Å². The number of amides is 1. The van der Waals surface area contributed by atoms with Crippen LogP contribution in [0.25, 0.3) is 0 Å². The van der Waals surface area contributed by atoms with Crippen molar-refractivity contribution in [2.24, 2.45) is 11.7 Å². The minimum absolute atomic E-state index is 0.00465. The summed E-state index contributed by atoms with van der Waals surface area (Å²) < 4.78 is 0. The topological polar surface area (TPSA) is 72.2 Å². The minimum Gasteiger partial charge on any atom is -0.327 e. The highest BCUT2D eigenvalue weighted by Crippen LogP contribution is 2.23. The third-order valence-corrected chi connectivity index (χ3v) is 3.97. The fraction of sp³-hybridized carbons (Fsp3) is 0.500. The summed E-state index contributed by atoms with van der Waals surface area (Å²) in [7, 11) is 0. The van der Waals surface area contributed by atoms with Crippen molar-refractivity contribution in [2.45, 2.75) is 45.1 Å². The first-order chi connectivity index (χ1) is 9.58. The number of nitrogens with one attached hydrogen (secondary N) is 1. The maximum Gasteiger partial charge on any atom is 0.229 e. The Kier molecular flexibility index (Phi) is 4.90. The molecule has 2 atom stereocenters. The molecule has 1 aromatic rings. The molecule has 108 valence electrons. The molecule has 0 bridgehead atoms. The second-order valence-corrected chi connectivity index (χ2v) is 5.53. The maximum atomic E-state index is 12.3. The van der Waals surface area contributed by atoms with Crippen LogP contribution < -0.4 is 11.1 Å². The largest absolute Gasteiger partial charge is 0.327 e. The van der Waals surface area contributed by atoms with Crippen LogP contribution in [-0.2, 0) is 4.79 Å². The molecule has 2 rings (SSSR count). The first-order valence-corrected chi connectivity index (χ1v) is 7.25. The first-order valence-electron chi connectivity index (χ1n) is 7.25. The molecule has 0 aliphatic heterocycles. The standard InChI is InChI=1S/C16H22N2O2/c1-11(19)12-7-9-13(10-8-12)18-16(20)14-5-3-2-4-6-15(14)17/h7-10,14-15H,2-6,17H2,1H3,(H,18,20). The van der Waals surface area contributed by atoms with Crippen molar-refractivity contribution in [1.82, 2.24) is 0 Å². The maximum absolute atomic E-state index is 12.3. The number of rotatable bonds is 3. The van der Waals surface area contributed by atoms with Gasteiger partial charge in [0, 0.05) is 17.3 Å².